The molecule has 0 heterocycles. The van der Waals surface area contributed by atoms with Crippen molar-refractivity contribution in [2.24, 2.45) is 0 Å². The zero-order valence-corrected chi connectivity index (χ0v) is 11.1. The van der Waals surface area contributed by atoms with Gasteiger partial charge in [0.05, 0.1) is 0 Å². The zero-order chi connectivity index (χ0) is 8.53. The van der Waals surface area contributed by atoms with Gasteiger partial charge in [-0.3, -0.25) is 0 Å². The van der Waals surface area contributed by atoms with Crippen molar-refractivity contribution < 1.29 is 4.12 Å². The average Bonchev–Trinajstić information content (AvgIpc) is 2.05. The molecule has 0 saturated carbocycles. The van der Waals surface area contributed by atoms with E-state index in [1.54, 1.807) is 0 Å². The minimum atomic E-state index is -0.854. The van der Waals surface area contributed by atoms with Gasteiger partial charge >= 0.3 is 0 Å². The van der Waals surface area contributed by atoms with E-state index >= 15 is 0 Å². The molecule has 0 N–H and O–H groups in total. The maximum absolute atomic E-state index is 5.47. The fourth-order valence-electron chi connectivity index (χ4n) is 0.951. The molecule has 0 amide bonds. The highest BCUT2D eigenvalue weighted by Gasteiger charge is 1.98. The summed E-state index contributed by atoms with van der Waals surface area (Å²) in [6.07, 6.45) is 6.17. The molecule has 0 bridgehead atoms. The summed E-state index contributed by atoms with van der Waals surface area (Å²) in [5.74, 6) is 0. The molecule has 0 aliphatic carbocycles. The van der Waals surface area contributed by atoms with Gasteiger partial charge in [0.25, 0.3) is 0 Å². The summed E-state index contributed by atoms with van der Waals surface area (Å²) >= 11 is 0. The van der Waals surface area contributed by atoms with E-state index in [4.69, 9.17) is 4.12 Å². The number of unbranched alkanes of at least 4 members (excludes halogenated alkanes) is 2. The van der Waals surface area contributed by atoms with Crippen LogP contribution in [-0.4, -0.2) is 19.5 Å². The van der Waals surface area contributed by atoms with Crippen LogP contribution in [0.3, 0.4) is 0 Å². The summed E-state index contributed by atoms with van der Waals surface area (Å²) in [5, 5.41) is 0. The normalized spacial score (nSPS) is 14.4. The molecular formula is C8H20OSi2. The van der Waals surface area contributed by atoms with Gasteiger partial charge in [0.15, 0.2) is 9.04 Å². The number of hydrogen-bond acceptors (Lipinski definition) is 1. The smallest absolute Gasteiger partial charge is 0.187 e. The highest BCUT2D eigenvalue weighted by molar-refractivity contribution is 6.60. The average molecular weight is 188 g/mol. The zero-order valence-electron chi connectivity index (χ0n) is 7.97. The van der Waals surface area contributed by atoms with Crippen LogP contribution in [0.5, 0.6) is 0 Å². The Hall–Kier alpha value is 0.134. The van der Waals surface area contributed by atoms with Crippen LogP contribution in [0.1, 0.15) is 33.1 Å². The van der Waals surface area contributed by atoms with Crippen LogP contribution in [0.4, 0.5) is 0 Å². The molecule has 11 heavy (non-hydrogen) atoms. The molecule has 0 aromatic rings. The Balaban J connectivity index is 3.36. The molecule has 0 saturated heterocycles. The first-order chi connectivity index (χ1) is 5.35. The Labute approximate surface area is 75.1 Å². The Kier molecular flexibility index (Phi) is 8.33. The van der Waals surface area contributed by atoms with Crippen LogP contribution in [0.2, 0.25) is 6.04 Å². The molecule has 0 aliphatic heterocycles. The predicted molar refractivity (Wildman–Crippen MR) is 57.3 cm³/mol. The largest absolute Gasteiger partial charge is 0.463 e. The second kappa shape index (κ2) is 8.23. The lowest BCUT2D eigenvalue weighted by Gasteiger charge is -2.04. The van der Waals surface area contributed by atoms with Gasteiger partial charge in [-0.2, -0.15) is 0 Å². The Morgan fingerprint density at radius 2 is 2.18 bits per heavy atom. The van der Waals surface area contributed by atoms with Gasteiger partial charge in [-0.05, 0) is 12.5 Å². The van der Waals surface area contributed by atoms with Crippen molar-refractivity contribution in [2.75, 3.05) is 0 Å². The van der Waals surface area contributed by atoms with Crippen molar-refractivity contribution in [3.8, 4) is 0 Å². The maximum Gasteiger partial charge on any atom is 0.187 e. The minimum Gasteiger partial charge on any atom is -0.463 e. The third-order valence-corrected chi connectivity index (χ3v) is 5.71. The van der Waals surface area contributed by atoms with Gasteiger partial charge in [0, 0.05) is 0 Å². The van der Waals surface area contributed by atoms with Crippen LogP contribution < -0.4 is 0 Å². The summed E-state index contributed by atoms with van der Waals surface area (Å²) < 4.78 is 5.47. The van der Waals surface area contributed by atoms with Crippen molar-refractivity contribution in [2.45, 2.75) is 39.2 Å². The molecule has 66 valence electrons. The third-order valence-electron chi connectivity index (χ3n) is 1.78. The minimum absolute atomic E-state index is 0.854. The summed E-state index contributed by atoms with van der Waals surface area (Å²) in [6.45, 7) is 4.45. The van der Waals surface area contributed by atoms with Crippen LogP contribution in [0, 0.1) is 0 Å². The van der Waals surface area contributed by atoms with E-state index in [-0.39, 0.29) is 0 Å². The lowest BCUT2D eigenvalue weighted by molar-refractivity contribution is 0.644. The molecule has 1 atom stereocenters. The summed E-state index contributed by atoms with van der Waals surface area (Å²) in [6, 6.07) is 1.24. The highest BCUT2D eigenvalue weighted by atomic mass is 28.3. The molecule has 0 rings (SSSR count). The van der Waals surface area contributed by atoms with E-state index in [2.05, 4.69) is 25.6 Å². The lowest BCUT2D eigenvalue weighted by atomic mass is 10.2. The summed E-state index contributed by atoms with van der Waals surface area (Å²) in [5.41, 5.74) is 2.34. The number of rotatable bonds is 6. The quantitative estimate of drug-likeness (QED) is 0.451. The number of allylic oxidation sites excluding steroid dienone is 1. The summed E-state index contributed by atoms with van der Waals surface area (Å²) in [4.78, 5) is 0. The van der Waals surface area contributed by atoms with Gasteiger partial charge in [0.2, 0.25) is 0 Å². The van der Waals surface area contributed by atoms with E-state index in [0.717, 1.165) is 10.5 Å². The van der Waals surface area contributed by atoms with Crippen molar-refractivity contribution in [3.05, 3.63) is 11.8 Å². The summed E-state index contributed by atoms with van der Waals surface area (Å²) in [7, 11) is 0.0580. The third kappa shape index (κ3) is 6.53. The van der Waals surface area contributed by atoms with E-state index < -0.39 is 9.04 Å². The molecular weight excluding hydrogens is 168 g/mol. The van der Waals surface area contributed by atoms with Crippen molar-refractivity contribution in [1.29, 1.82) is 0 Å². The van der Waals surface area contributed by atoms with E-state index in [1.165, 1.54) is 25.3 Å². The van der Waals surface area contributed by atoms with Crippen LogP contribution in [0.25, 0.3) is 0 Å². The molecule has 0 fully saturated rings. The van der Waals surface area contributed by atoms with Gasteiger partial charge in [-0.15, -0.1) is 0 Å². The molecule has 1 nitrogen and oxygen atoms in total. The van der Waals surface area contributed by atoms with Gasteiger partial charge < -0.3 is 4.12 Å². The maximum atomic E-state index is 5.47. The van der Waals surface area contributed by atoms with E-state index in [0.29, 0.717) is 0 Å². The lowest BCUT2D eigenvalue weighted by Crippen LogP contribution is -2.11. The van der Waals surface area contributed by atoms with Crippen LogP contribution in [-0.2, 0) is 4.12 Å². The van der Waals surface area contributed by atoms with Gasteiger partial charge in [0.1, 0.15) is 10.5 Å². The highest BCUT2D eigenvalue weighted by Crippen LogP contribution is 1.98. The fourth-order valence-corrected chi connectivity index (χ4v) is 3.68. The molecule has 0 aliphatic rings. The van der Waals surface area contributed by atoms with Crippen molar-refractivity contribution in [3.63, 3.8) is 0 Å². The molecule has 0 spiro atoms. The van der Waals surface area contributed by atoms with E-state index in [1.807, 2.05) is 0 Å². The predicted octanol–water partition coefficient (Wildman–Crippen LogP) is 1.31. The fraction of sp³-hybridized carbons (Fsp3) is 0.750. The standard InChI is InChI=1S/C8H20OSi2/c1-3-5-6-7-8-11(4-2)9-10/h7-8,11H,3-6H2,1-2,10H3. The number of hydrogen-bond donors (Lipinski definition) is 0. The molecule has 0 aromatic carbocycles. The second-order valence-corrected chi connectivity index (χ2v) is 6.92. The van der Waals surface area contributed by atoms with Gasteiger partial charge in [-0.1, -0.05) is 38.5 Å². The first-order valence-corrected chi connectivity index (χ1v) is 7.31. The molecule has 3 heteroatoms. The monoisotopic (exact) mass is 188 g/mol. The second-order valence-electron chi connectivity index (χ2n) is 2.75. The molecule has 0 radical (unpaired) electrons. The molecule has 0 aromatic heterocycles. The first kappa shape index (κ1) is 11.1. The van der Waals surface area contributed by atoms with Gasteiger partial charge in [-0.25, -0.2) is 0 Å². The Morgan fingerprint density at radius 1 is 1.45 bits per heavy atom. The van der Waals surface area contributed by atoms with Crippen molar-refractivity contribution in [1.82, 2.24) is 0 Å². The first-order valence-electron chi connectivity index (χ1n) is 4.54. The van der Waals surface area contributed by atoms with Crippen LogP contribution in [0.15, 0.2) is 11.8 Å². The SMILES string of the molecule is CCCCC=C[SiH](CC)O[SiH3]. The van der Waals surface area contributed by atoms with E-state index in [9.17, 15) is 0 Å². The van der Waals surface area contributed by atoms with Crippen LogP contribution >= 0.6 is 0 Å². The Bertz CT molecular complexity index is 100. The van der Waals surface area contributed by atoms with Crippen molar-refractivity contribution >= 4 is 19.5 Å². The molecule has 1 unspecified atom stereocenters. The topological polar surface area (TPSA) is 9.23 Å². The Morgan fingerprint density at radius 3 is 2.64 bits per heavy atom.